The Hall–Kier alpha value is -2.27. The lowest BCUT2D eigenvalue weighted by Gasteiger charge is -2.22. The van der Waals surface area contributed by atoms with Gasteiger partial charge in [0.15, 0.2) is 0 Å². The lowest BCUT2D eigenvalue weighted by atomic mass is 10.2. The molecule has 0 aliphatic carbocycles. The molecular weight excluding hydrogens is 430 g/mol. The molecule has 1 amide bonds. The number of carbonyl (C=O) groups is 1. The fourth-order valence-electron chi connectivity index (χ4n) is 3.23. The SMILES string of the molecule is Cc1ccc(NC(=O)Cn2nccc(Cl)c2=O)cc1S(=O)(=O)N1CCCN(C)CC1. The average Bonchev–Trinajstić information content (AvgIpc) is 2.92. The van der Waals surface area contributed by atoms with Gasteiger partial charge in [0, 0.05) is 31.5 Å². The van der Waals surface area contributed by atoms with E-state index in [1.54, 1.807) is 19.1 Å². The number of halogens is 1. The minimum Gasteiger partial charge on any atom is -0.324 e. The summed E-state index contributed by atoms with van der Waals surface area (Å²) in [7, 11) is -1.73. The Bertz CT molecular complexity index is 1100. The first-order valence-corrected chi connectivity index (χ1v) is 11.3. The van der Waals surface area contributed by atoms with Crippen molar-refractivity contribution in [1.82, 2.24) is 19.0 Å². The molecule has 0 radical (unpaired) electrons. The number of nitrogens with zero attached hydrogens (tertiary/aromatic N) is 4. The van der Waals surface area contributed by atoms with Gasteiger partial charge in [-0.15, -0.1) is 0 Å². The third-order valence-electron chi connectivity index (χ3n) is 4.93. The predicted octanol–water partition coefficient (Wildman–Crippen LogP) is 1.17. The van der Waals surface area contributed by atoms with Crippen LogP contribution < -0.4 is 10.9 Å². The van der Waals surface area contributed by atoms with Crippen molar-refractivity contribution in [2.75, 3.05) is 38.5 Å². The van der Waals surface area contributed by atoms with Gasteiger partial charge < -0.3 is 10.2 Å². The standard InChI is InChI=1S/C19H24ClN5O4S/c1-14-4-5-15(22-18(26)13-25-19(27)16(20)6-7-21-25)12-17(14)30(28,29)24-9-3-8-23(2)10-11-24/h4-7,12H,3,8-11,13H2,1-2H3,(H,22,26). The van der Waals surface area contributed by atoms with Crippen LogP contribution >= 0.6 is 11.6 Å². The molecule has 9 nitrogen and oxygen atoms in total. The van der Waals surface area contributed by atoms with E-state index in [4.69, 9.17) is 11.6 Å². The molecule has 2 heterocycles. The van der Waals surface area contributed by atoms with Crippen LogP contribution in [0.4, 0.5) is 5.69 Å². The number of rotatable bonds is 5. The number of nitrogens with one attached hydrogen (secondary N) is 1. The van der Waals surface area contributed by atoms with Crippen molar-refractivity contribution in [2.24, 2.45) is 0 Å². The second kappa shape index (κ2) is 9.25. The lowest BCUT2D eigenvalue weighted by Crippen LogP contribution is -2.35. The highest BCUT2D eigenvalue weighted by Crippen LogP contribution is 2.24. The predicted molar refractivity (Wildman–Crippen MR) is 114 cm³/mol. The van der Waals surface area contributed by atoms with Gasteiger partial charge in [-0.3, -0.25) is 9.59 Å². The molecule has 30 heavy (non-hydrogen) atoms. The smallest absolute Gasteiger partial charge is 0.285 e. The van der Waals surface area contributed by atoms with Crippen LogP contribution in [0, 0.1) is 6.92 Å². The number of anilines is 1. The summed E-state index contributed by atoms with van der Waals surface area (Å²) in [6.07, 6.45) is 2.08. The summed E-state index contributed by atoms with van der Waals surface area (Å²) in [6, 6.07) is 6.06. The molecule has 0 spiro atoms. The molecule has 0 saturated carbocycles. The molecular formula is C19H24ClN5O4S. The number of sulfonamides is 1. The lowest BCUT2D eigenvalue weighted by molar-refractivity contribution is -0.117. The summed E-state index contributed by atoms with van der Waals surface area (Å²) >= 11 is 5.76. The van der Waals surface area contributed by atoms with Crippen molar-refractivity contribution in [3.8, 4) is 0 Å². The molecule has 1 saturated heterocycles. The maximum absolute atomic E-state index is 13.2. The van der Waals surface area contributed by atoms with Gasteiger partial charge in [0.25, 0.3) is 5.56 Å². The Morgan fingerprint density at radius 1 is 1.20 bits per heavy atom. The first-order chi connectivity index (χ1) is 14.2. The van der Waals surface area contributed by atoms with Crippen LogP contribution in [0.3, 0.4) is 0 Å². The first kappa shape index (κ1) is 22.4. The highest BCUT2D eigenvalue weighted by Gasteiger charge is 2.28. The fraction of sp³-hybridized carbons (Fsp3) is 0.421. The zero-order chi connectivity index (χ0) is 21.9. The second-order valence-corrected chi connectivity index (χ2v) is 9.54. The fourth-order valence-corrected chi connectivity index (χ4v) is 5.11. The van der Waals surface area contributed by atoms with Crippen molar-refractivity contribution >= 4 is 33.2 Å². The summed E-state index contributed by atoms with van der Waals surface area (Å²) in [4.78, 5) is 26.5. The van der Waals surface area contributed by atoms with Gasteiger partial charge in [-0.1, -0.05) is 17.7 Å². The van der Waals surface area contributed by atoms with Crippen LogP contribution in [0.25, 0.3) is 0 Å². The largest absolute Gasteiger partial charge is 0.324 e. The van der Waals surface area contributed by atoms with Crippen molar-refractivity contribution in [2.45, 2.75) is 24.8 Å². The van der Waals surface area contributed by atoms with E-state index in [0.29, 0.717) is 30.9 Å². The number of amides is 1. The molecule has 0 bridgehead atoms. The summed E-state index contributed by atoms with van der Waals surface area (Å²) in [6.45, 7) is 3.75. The Balaban J connectivity index is 1.80. The second-order valence-electron chi connectivity index (χ2n) is 7.23. The number of hydrogen-bond acceptors (Lipinski definition) is 6. The van der Waals surface area contributed by atoms with Crippen LogP contribution in [0.1, 0.15) is 12.0 Å². The highest BCUT2D eigenvalue weighted by molar-refractivity contribution is 7.89. The van der Waals surface area contributed by atoms with Crippen molar-refractivity contribution in [1.29, 1.82) is 0 Å². The molecule has 1 N–H and O–H groups in total. The van der Waals surface area contributed by atoms with E-state index in [1.807, 2.05) is 7.05 Å². The third kappa shape index (κ3) is 5.07. The van der Waals surface area contributed by atoms with Gasteiger partial charge in [0.05, 0.1) is 4.90 Å². The molecule has 1 aliphatic rings. The quantitative estimate of drug-likeness (QED) is 0.728. The van der Waals surface area contributed by atoms with Gasteiger partial charge in [-0.25, -0.2) is 13.1 Å². The molecule has 1 aromatic heterocycles. The van der Waals surface area contributed by atoms with E-state index in [2.05, 4.69) is 15.3 Å². The molecule has 1 aromatic carbocycles. The minimum absolute atomic E-state index is 0.0374. The monoisotopic (exact) mass is 453 g/mol. The minimum atomic E-state index is -3.70. The van der Waals surface area contributed by atoms with E-state index >= 15 is 0 Å². The molecule has 0 unspecified atom stereocenters. The Labute approximate surface area is 180 Å². The highest BCUT2D eigenvalue weighted by atomic mass is 35.5. The summed E-state index contributed by atoms with van der Waals surface area (Å²) in [5, 5.41) is 6.41. The van der Waals surface area contributed by atoms with Crippen LogP contribution in [0.2, 0.25) is 5.02 Å². The molecule has 2 aromatic rings. The summed E-state index contributed by atoms with van der Waals surface area (Å²) < 4.78 is 28.8. The Kier molecular flexibility index (Phi) is 6.91. The van der Waals surface area contributed by atoms with Gasteiger partial charge >= 0.3 is 0 Å². The number of hydrogen-bond donors (Lipinski definition) is 1. The van der Waals surface area contributed by atoms with Crippen molar-refractivity contribution in [3.05, 3.63) is 51.4 Å². The van der Waals surface area contributed by atoms with E-state index in [-0.39, 0.29) is 16.5 Å². The average molecular weight is 454 g/mol. The third-order valence-corrected chi connectivity index (χ3v) is 7.26. The number of benzene rings is 1. The van der Waals surface area contributed by atoms with Crippen molar-refractivity contribution < 1.29 is 13.2 Å². The maximum Gasteiger partial charge on any atom is 0.285 e. The molecule has 1 fully saturated rings. The van der Waals surface area contributed by atoms with Crippen LogP contribution in [-0.4, -0.2) is 66.5 Å². The molecule has 1 aliphatic heterocycles. The number of aryl methyl sites for hydroxylation is 1. The van der Waals surface area contributed by atoms with E-state index < -0.39 is 21.5 Å². The first-order valence-electron chi connectivity index (χ1n) is 9.49. The van der Waals surface area contributed by atoms with E-state index in [0.717, 1.165) is 17.6 Å². The van der Waals surface area contributed by atoms with E-state index in [9.17, 15) is 18.0 Å². The molecule has 162 valence electrons. The van der Waals surface area contributed by atoms with Crippen LogP contribution in [-0.2, 0) is 21.4 Å². The molecule has 3 rings (SSSR count). The van der Waals surface area contributed by atoms with Gasteiger partial charge in [-0.2, -0.15) is 9.40 Å². The van der Waals surface area contributed by atoms with Crippen LogP contribution in [0.5, 0.6) is 0 Å². The zero-order valence-corrected chi connectivity index (χ0v) is 18.4. The van der Waals surface area contributed by atoms with Gasteiger partial charge in [-0.05, 0) is 50.7 Å². The topological polar surface area (TPSA) is 105 Å². The van der Waals surface area contributed by atoms with Gasteiger partial charge in [0.2, 0.25) is 15.9 Å². The van der Waals surface area contributed by atoms with Crippen molar-refractivity contribution in [3.63, 3.8) is 0 Å². The summed E-state index contributed by atoms with van der Waals surface area (Å²) in [5.41, 5.74) is 0.345. The maximum atomic E-state index is 13.2. The van der Waals surface area contributed by atoms with Gasteiger partial charge in [0.1, 0.15) is 11.6 Å². The number of carbonyl (C=O) groups excluding carboxylic acids is 1. The van der Waals surface area contributed by atoms with E-state index in [1.165, 1.54) is 22.6 Å². The Morgan fingerprint density at radius 3 is 2.73 bits per heavy atom. The summed E-state index contributed by atoms with van der Waals surface area (Å²) in [5.74, 6) is -0.518. The zero-order valence-electron chi connectivity index (χ0n) is 16.8. The molecule has 11 heteroatoms. The normalized spacial score (nSPS) is 16.2. The Morgan fingerprint density at radius 2 is 1.97 bits per heavy atom. The molecule has 0 atom stereocenters. The van der Waals surface area contributed by atoms with Crippen LogP contribution in [0.15, 0.2) is 40.2 Å². The number of likely N-dealkylation sites (N-methyl/N-ethyl adjacent to an activating group) is 1. The number of aromatic nitrogens is 2.